The standard InChI is InChI=1S/2C5H10O.H3N/c2*1-2-4-6-5-3-1;/h2*1-5H2;1H3. The maximum atomic E-state index is 5.07. The summed E-state index contributed by atoms with van der Waals surface area (Å²) in [6.45, 7) is 4.00. The lowest BCUT2D eigenvalue weighted by Crippen LogP contribution is -2.03. The average molecular weight is 189 g/mol. The second kappa shape index (κ2) is 9.96. The number of rotatable bonds is 0. The number of hydrogen-bond donors (Lipinski definition) is 1. The van der Waals surface area contributed by atoms with Crippen molar-refractivity contribution in [2.45, 2.75) is 38.5 Å². The van der Waals surface area contributed by atoms with Gasteiger partial charge in [0.25, 0.3) is 0 Å². The van der Waals surface area contributed by atoms with Gasteiger partial charge in [-0.2, -0.15) is 0 Å². The summed E-state index contributed by atoms with van der Waals surface area (Å²) in [5.41, 5.74) is 0. The zero-order valence-electron chi connectivity index (χ0n) is 8.59. The fraction of sp³-hybridized carbons (Fsp3) is 1.00. The normalized spacial score (nSPS) is 22.2. The van der Waals surface area contributed by atoms with Crippen LogP contribution >= 0.6 is 0 Å². The van der Waals surface area contributed by atoms with Gasteiger partial charge in [0.15, 0.2) is 0 Å². The molecule has 2 aliphatic rings. The Labute approximate surface area is 81.4 Å². The van der Waals surface area contributed by atoms with Crippen LogP contribution in [0.3, 0.4) is 0 Å². The second-order valence-corrected chi connectivity index (χ2v) is 3.35. The number of hydrogen-bond acceptors (Lipinski definition) is 3. The minimum absolute atomic E-state index is 0. The molecule has 3 heteroatoms. The fourth-order valence-corrected chi connectivity index (χ4v) is 1.37. The topological polar surface area (TPSA) is 53.5 Å². The summed E-state index contributed by atoms with van der Waals surface area (Å²) >= 11 is 0. The predicted molar refractivity (Wildman–Crippen MR) is 54.4 cm³/mol. The third-order valence-electron chi connectivity index (χ3n) is 2.15. The fourth-order valence-electron chi connectivity index (χ4n) is 1.37. The zero-order chi connectivity index (χ0) is 8.49. The van der Waals surface area contributed by atoms with E-state index in [4.69, 9.17) is 9.47 Å². The molecule has 0 aromatic carbocycles. The smallest absolute Gasteiger partial charge is 0.0466 e. The van der Waals surface area contributed by atoms with Crippen LogP contribution < -0.4 is 6.15 Å². The summed E-state index contributed by atoms with van der Waals surface area (Å²) in [6.07, 6.45) is 7.86. The lowest BCUT2D eigenvalue weighted by Gasteiger charge is -2.08. The molecule has 0 saturated carbocycles. The van der Waals surface area contributed by atoms with Crippen molar-refractivity contribution in [3.8, 4) is 0 Å². The van der Waals surface area contributed by atoms with E-state index in [9.17, 15) is 0 Å². The highest BCUT2D eigenvalue weighted by Gasteiger charge is 1.95. The molecule has 13 heavy (non-hydrogen) atoms. The first-order chi connectivity index (χ1) is 6.00. The Morgan fingerprint density at radius 3 is 0.846 bits per heavy atom. The van der Waals surface area contributed by atoms with Crippen LogP contribution in [-0.4, -0.2) is 26.4 Å². The maximum Gasteiger partial charge on any atom is 0.0466 e. The Bertz CT molecular complexity index is 55.9. The van der Waals surface area contributed by atoms with Crippen molar-refractivity contribution in [1.29, 1.82) is 0 Å². The monoisotopic (exact) mass is 189 g/mol. The van der Waals surface area contributed by atoms with E-state index in [-0.39, 0.29) is 6.15 Å². The summed E-state index contributed by atoms with van der Waals surface area (Å²) in [5, 5.41) is 0. The first-order valence-electron chi connectivity index (χ1n) is 5.15. The van der Waals surface area contributed by atoms with E-state index in [0.717, 1.165) is 26.4 Å². The van der Waals surface area contributed by atoms with Gasteiger partial charge in [-0.1, -0.05) is 0 Å². The van der Waals surface area contributed by atoms with E-state index in [1.165, 1.54) is 38.5 Å². The van der Waals surface area contributed by atoms with E-state index >= 15 is 0 Å². The van der Waals surface area contributed by atoms with Crippen LogP contribution in [0.2, 0.25) is 0 Å². The van der Waals surface area contributed by atoms with Crippen molar-refractivity contribution in [2.24, 2.45) is 0 Å². The number of ether oxygens (including phenoxy) is 2. The molecule has 0 bridgehead atoms. The summed E-state index contributed by atoms with van der Waals surface area (Å²) in [6, 6.07) is 0. The van der Waals surface area contributed by atoms with Crippen LogP contribution in [0.5, 0.6) is 0 Å². The van der Waals surface area contributed by atoms with Gasteiger partial charge < -0.3 is 15.6 Å². The van der Waals surface area contributed by atoms with Crippen molar-refractivity contribution in [3.63, 3.8) is 0 Å². The van der Waals surface area contributed by atoms with E-state index in [1.807, 2.05) is 0 Å². The van der Waals surface area contributed by atoms with Gasteiger partial charge in [0, 0.05) is 26.4 Å². The third kappa shape index (κ3) is 8.22. The minimum Gasteiger partial charge on any atom is -0.381 e. The van der Waals surface area contributed by atoms with E-state index in [2.05, 4.69) is 0 Å². The van der Waals surface area contributed by atoms with Crippen molar-refractivity contribution in [1.82, 2.24) is 6.15 Å². The average Bonchev–Trinajstić information content (AvgIpc) is 2.24. The van der Waals surface area contributed by atoms with Crippen molar-refractivity contribution in [3.05, 3.63) is 0 Å². The van der Waals surface area contributed by atoms with Crippen molar-refractivity contribution >= 4 is 0 Å². The molecule has 0 atom stereocenters. The minimum atomic E-state index is 0. The van der Waals surface area contributed by atoms with E-state index < -0.39 is 0 Å². The Hall–Kier alpha value is -0.120. The van der Waals surface area contributed by atoms with Gasteiger partial charge >= 0.3 is 0 Å². The van der Waals surface area contributed by atoms with Gasteiger partial charge in [0.2, 0.25) is 0 Å². The molecule has 0 aromatic rings. The highest BCUT2D eigenvalue weighted by molar-refractivity contribution is 4.45. The molecule has 2 saturated heterocycles. The quantitative estimate of drug-likeness (QED) is 0.637. The Morgan fingerprint density at radius 2 is 0.769 bits per heavy atom. The van der Waals surface area contributed by atoms with Crippen LogP contribution in [0.1, 0.15) is 38.5 Å². The van der Waals surface area contributed by atoms with Crippen LogP contribution in [0.25, 0.3) is 0 Å². The summed E-state index contributed by atoms with van der Waals surface area (Å²) in [7, 11) is 0. The van der Waals surface area contributed by atoms with Gasteiger partial charge in [-0.25, -0.2) is 0 Å². The van der Waals surface area contributed by atoms with E-state index in [1.54, 1.807) is 0 Å². The molecule has 0 unspecified atom stereocenters. The van der Waals surface area contributed by atoms with Crippen molar-refractivity contribution < 1.29 is 9.47 Å². The van der Waals surface area contributed by atoms with E-state index in [0.29, 0.717) is 0 Å². The van der Waals surface area contributed by atoms with Crippen molar-refractivity contribution in [2.75, 3.05) is 26.4 Å². The van der Waals surface area contributed by atoms with Gasteiger partial charge in [-0.3, -0.25) is 0 Å². The Kier molecular flexibility index (Phi) is 9.87. The third-order valence-corrected chi connectivity index (χ3v) is 2.15. The molecular weight excluding hydrogens is 166 g/mol. The second-order valence-electron chi connectivity index (χ2n) is 3.35. The molecule has 0 amide bonds. The Morgan fingerprint density at radius 1 is 0.462 bits per heavy atom. The molecule has 2 aliphatic heterocycles. The maximum absolute atomic E-state index is 5.07. The highest BCUT2D eigenvalue weighted by atomic mass is 16.5. The molecule has 3 N–H and O–H groups in total. The van der Waals surface area contributed by atoms with Crippen LogP contribution in [0.15, 0.2) is 0 Å². The lowest BCUT2D eigenvalue weighted by atomic mass is 10.2. The molecule has 0 radical (unpaired) electrons. The van der Waals surface area contributed by atoms with Gasteiger partial charge in [0.1, 0.15) is 0 Å². The van der Waals surface area contributed by atoms with Crippen LogP contribution in [0.4, 0.5) is 0 Å². The van der Waals surface area contributed by atoms with Gasteiger partial charge in [0.05, 0.1) is 0 Å². The van der Waals surface area contributed by atoms with Crippen LogP contribution in [0, 0.1) is 0 Å². The SMILES string of the molecule is C1CCOCC1.C1CCOCC1.N. The molecule has 80 valence electrons. The molecule has 2 heterocycles. The molecular formula is C10H23NO2. The molecule has 0 aromatic heterocycles. The molecule has 0 aliphatic carbocycles. The molecule has 2 rings (SSSR count). The summed E-state index contributed by atoms with van der Waals surface area (Å²) < 4.78 is 10.1. The van der Waals surface area contributed by atoms with Gasteiger partial charge in [-0.15, -0.1) is 0 Å². The highest BCUT2D eigenvalue weighted by Crippen LogP contribution is 2.02. The first kappa shape index (κ1) is 12.9. The Balaban J connectivity index is 0.000000206. The summed E-state index contributed by atoms with van der Waals surface area (Å²) in [4.78, 5) is 0. The molecule has 2 fully saturated rings. The first-order valence-corrected chi connectivity index (χ1v) is 5.15. The van der Waals surface area contributed by atoms with Gasteiger partial charge in [-0.05, 0) is 38.5 Å². The predicted octanol–water partition coefficient (Wildman–Crippen LogP) is 2.54. The zero-order valence-corrected chi connectivity index (χ0v) is 8.59. The summed E-state index contributed by atoms with van der Waals surface area (Å²) in [5.74, 6) is 0. The van der Waals surface area contributed by atoms with Crippen LogP contribution in [-0.2, 0) is 9.47 Å². The molecule has 0 spiro atoms. The largest absolute Gasteiger partial charge is 0.381 e. The molecule has 3 nitrogen and oxygen atoms in total. The lowest BCUT2D eigenvalue weighted by molar-refractivity contribution is 0.0967.